The maximum atomic E-state index is 12.8. The second-order valence-electron chi connectivity index (χ2n) is 3.28. The van der Waals surface area contributed by atoms with E-state index in [1.165, 1.54) is 12.1 Å². The monoisotopic (exact) mass is 244 g/mol. The molecule has 1 aromatic rings. The van der Waals surface area contributed by atoms with Crippen molar-refractivity contribution in [3.63, 3.8) is 0 Å². The van der Waals surface area contributed by atoms with Crippen molar-refractivity contribution in [2.24, 2.45) is 10.7 Å². The van der Waals surface area contributed by atoms with Crippen molar-refractivity contribution in [1.29, 1.82) is 0 Å². The van der Waals surface area contributed by atoms with Crippen LogP contribution in [0.4, 0.5) is 4.39 Å². The summed E-state index contributed by atoms with van der Waals surface area (Å²) in [6, 6.07) is 4.22. The topological polar surface area (TPSA) is 47.6 Å². The number of ether oxygens (including phenoxy) is 1. The average Bonchev–Trinajstić information content (AvgIpc) is 2.23. The fraction of sp³-hybridized carbons (Fsp3) is 0.364. The Morgan fingerprint density at radius 2 is 2.31 bits per heavy atom. The van der Waals surface area contributed by atoms with Crippen molar-refractivity contribution in [2.45, 2.75) is 6.42 Å². The van der Waals surface area contributed by atoms with Gasteiger partial charge < -0.3 is 10.5 Å². The van der Waals surface area contributed by atoms with Crippen molar-refractivity contribution < 1.29 is 9.13 Å². The molecule has 1 rings (SSSR count). The SMILES string of the molecule is COCCN=C(N)Cc1ccc(F)cc1Cl. The van der Waals surface area contributed by atoms with Crippen molar-refractivity contribution in [3.05, 3.63) is 34.6 Å². The maximum Gasteiger partial charge on any atom is 0.124 e. The summed E-state index contributed by atoms with van der Waals surface area (Å²) in [5.41, 5.74) is 6.46. The molecule has 0 saturated heterocycles. The molecule has 0 aliphatic carbocycles. The predicted octanol–water partition coefficient (Wildman–Crippen LogP) is 2.03. The van der Waals surface area contributed by atoms with E-state index >= 15 is 0 Å². The molecule has 0 unspecified atom stereocenters. The van der Waals surface area contributed by atoms with Gasteiger partial charge in [-0.05, 0) is 17.7 Å². The molecule has 88 valence electrons. The van der Waals surface area contributed by atoms with Crippen molar-refractivity contribution in [2.75, 3.05) is 20.3 Å². The Hall–Kier alpha value is -1.13. The molecule has 3 nitrogen and oxygen atoms in total. The highest BCUT2D eigenvalue weighted by molar-refractivity contribution is 6.31. The standard InChI is InChI=1S/C11H14ClFN2O/c1-16-5-4-15-11(14)6-8-2-3-9(13)7-10(8)12/h2-3,7H,4-6H2,1H3,(H2,14,15). The number of aliphatic imine (C=N–C) groups is 1. The summed E-state index contributed by atoms with van der Waals surface area (Å²) in [5, 5.41) is 0.366. The summed E-state index contributed by atoms with van der Waals surface area (Å²) in [7, 11) is 1.60. The third kappa shape index (κ3) is 4.16. The molecule has 1 aromatic carbocycles. The summed E-state index contributed by atoms with van der Waals surface area (Å²) in [6.45, 7) is 1.04. The highest BCUT2D eigenvalue weighted by Gasteiger charge is 2.03. The van der Waals surface area contributed by atoms with Crippen LogP contribution >= 0.6 is 11.6 Å². The normalized spacial score (nSPS) is 11.8. The fourth-order valence-corrected chi connectivity index (χ4v) is 1.43. The van der Waals surface area contributed by atoms with Gasteiger partial charge in [0, 0.05) is 18.6 Å². The van der Waals surface area contributed by atoms with Crippen LogP contribution < -0.4 is 5.73 Å². The molecule has 0 spiro atoms. The molecule has 0 bridgehead atoms. The maximum absolute atomic E-state index is 12.8. The van der Waals surface area contributed by atoms with E-state index in [4.69, 9.17) is 22.1 Å². The molecule has 0 fully saturated rings. The van der Waals surface area contributed by atoms with Crippen molar-refractivity contribution >= 4 is 17.4 Å². The van der Waals surface area contributed by atoms with Gasteiger partial charge in [-0.2, -0.15) is 0 Å². The predicted molar refractivity (Wildman–Crippen MR) is 63.5 cm³/mol. The molecule has 0 saturated carbocycles. The number of hydrogen-bond acceptors (Lipinski definition) is 2. The largest absolute Gasteiger partial charge is 0.387 e. The van der Waals surface area contributed by atoms with Crippen LogP contribution in [0.15, 0.2) is 23.2 Å². The van der Waals surface area contributed by atoms with E-state index in [0.717, 1.165) is 5.56 Å². The lowest BCUT2D eigenvalue weighted by atomic mass is 10.1. The van der Waals surface area contributed by atoms with Gasteiger partial charge in [-0.15, -0.1) is 0 Å². The summed E-state index contributed by atoms with van der Waals surface area (Å²) in [5.74, 6) is 0.106. The van der Waals surface area contributed by atoms with Crippen molar-refractivity contribution in [1.82, 2.24) is 0 Å². The molecule has 0 aromatic heterocycles. The Bertz CT molecular complexity index is 382. The first kappa shape index (κ1) is 12.9. The third-order valence-electron chi connectivity index (χ3n) is 2.00. The molecule has 0 heterocycles. The first-order valence-corrected chi connectivity index (χ1v) is 5.23. The summed E-state index contributed by atoms with van der Waals surface area (Å²) in [4.78, 5) is 4.09. The van der Waals surface area contributed by atoms with Gasteiger partial charge >= 0.3 is 0 Å². The number of methoxy groups -OCH3 is 1. The number of benzene rings is 1. The van der Waals surface area contributed by atoms with Crippen LogP contribution in [0.1, 0.15) is 5.56 Å². The average molecular weight is 245 g/mol. The van der Waals surface area contributed by atoms with Gasteiger partial charge in [-0.3, -0.25) is 4.99 Å². The Morgan fingerprint density at radius 1 is 1.56 bits per heavy atom. The van der Waals surface area contributed by atoms with Crippen molar-refractivity contribution in [3.8, 4) is 0 Å². The molecule has 16 heavy (non-hydrogen) atoms. The Balaban J connectivity index is 2.62. The number of halogens is 2. The Morgan fingerprint density at radius 3 is 2.94 bits per heavy atom. The third-order valence-corrected chi connectivity index (χ3v) is 2.35. The minimum atomic E-state index is -0.358. The summed E-state index contributed by atoms with van der Waals surface area (Å²) >= 11 is 5.86. The molecule has 2 N–H and O–H groups in total. The van der Waals surface area contributed by atoms with E-state index in [-0.39, 0.29) is 5.82 Å². The molecule has 0 atom stereocenters. The molecule has 0 amide bonds. The zero-order chi connectivity index (χ0) is 12.0. The lowest BCUT2D eigenvalue weighted by molar-refractivity contribution is 0.208. The van der Waals surface area contributed by atoms with Gasteiger partial charge in [0.1, 0.15) is 5.82 Å². The molecular weight excluding hydrogens is 231 g/mol. The lowest BCUT2D eigenvalue weighted by Gasteiger charge is -2.04. The van der Waals surface area contributed by atoms with Gasteiger partial charge in [-0.1, -0.05) is 17.7 Å². The smallest absolute Gasteiger partial charge is 0.124 e. The minimum absolute atomic E-state index is 0.358. The Kier molecular flexibility index (Phi) is 5.22. The van der Waals surface area contributed by atoms with E-state index in [1.54, 1.807) is 13.2 Å². The quantitative estimate of drug-likeness (QED) is 0.489. The fourth-order valence-electron chi connectivity index (χ4n) is 1.20. The van der Waals surface area contributed by atoms with Gasteiger partial charge in [0.25, 0.3) is 0 Å². The number of rotatable bonds is 5. The van der Waals surface area contributed by atoms with E-state index in [2.05, 4.69) is 4.99 Å². The lowest BCUT2D eigenvalue weighted by Crippen LogP contribution is -2.16. The van der Waals surface area contributed by atoms with Crippen LogP contribution in [0.5, 0.6) is 0 Å². The van der Waals surface area contributed by atoms with Crippen LogP contribution in [0.25, 0.3) is 0 Å². The number of amidine groups is 1. The summed E-state index contributed by atoms with van der Waals surface area (Å²) < 4.78 is 17.6. The van der Waals surface area contributed by atoms with E-state index in [9.17, 15) is 4.39 Å². The molecular formula is C11H14ClFN2O. The molecule has 0 aliphatic heterocycles. The zero-order valence-corrected chi connectivity index (χ0v) is 9.80. The number of hydrogen-bond donors (Lipinski definition) is 1. The van der Waals surface area contributed by atoms with Gasteiger partial charge in [0.2, 0.25) is 0 Å². The first-order valence-electron chi connectivity index (χ1n) is 4.85. The highest BCUT2D eigenvalue weighted by Crippen LogP contribution is 2.17. The van der Waals surface area contributed by atoms with E-state index in [0.29, 0.717) is 30.4 Å². The minimum Gasteiger partial charge on any atom is -0.387 e. The summed E-state index contributed by atoms with van der Waals surface area (Å²) in [6.07, 6.45) is 0.419. The van der Waals surface area contributed by atoms with Crippen LogP contribution in [-0.2, 0) is 11.2 Å². The Labute approximate surface area is 99.1 Å². The van der Waals surface area contributed by atoms with E-state index in [1.807, 2.05) is 0 Å². The van der Waals surface area contributed by atoms with Crippen LogP contribution in [0.2, 0.25) is 5.02 Å². The highest BCUT2D eigenvalue weighted by atomic mass is 35.5. The van der Waals surface area contributed by atoms with Gasteiger partial charge in [0.05, 0.1) is 19.0 Å². The van der Waals surface area contributed by atoms with Crippen LogP contribution in [0, 0.1) is 5.82 Å². The van der Waals surface area contributed by atoms with E-state index < -0.39 is 0 Å². The second-order valence-corrected chi connectivity index (χ2v) is 3.69. The molecule has 0 aliphatic rings. The molecule has 0 radical (unpaired) electrons. The van der Waals surface area contributed by atoms with Crippen LogP contribution in [0.3, 0.4) is 0 Å². The first-order chi connectivity index (χ1) is 7.63. The van der Waals surface area contributed by atoms with Gasteiger partial charge in [0.15, 0.2) is 0 Å². The molecule has 5 heteroatoms. The number of nitrogens with zero attached hydrogens (tertiary/aromatic N) is 1. The zero-order valence-electron chi connectivity index (χ0n) is 9.04. The van der Waals surface area contributed by atoms with Crippen LogP contribution in [-0.4, -0.2) is 26.1 Å². The number of nitrogens with two attached hydrogens (primary N) is 1. The second kappa shape index (κ2) is 6.45. The van der Waals surface area contributed by atoms with Gasteiger partial charge in [-0.25, -0.2) is 4.39 Å².